The number of carbonyl (C=O) groups excluding carboxylic acids is 2. The van der Waals surface area contributed by atoms with Gasteiger partial charge in [0.2, 0.25) is 17.4 Å². The average Bonchev–Trinajstić information content (AvgIpc) is 3.09. The minimum Gasteiger partial charge on any atom is -0.326 e. The fourth-order valence-electron chi connectivity index (χ4n) is 3.96. The molecule has 1 aliphatic rings. The molecule has 4 rings (SSSR count). The quantitative estimate of drug-likeness (QED) is 0.634. The second kappa shape index (κ2) is 7.85. The number of fused-ring (bicyclic) bond motifs is 1. The molecule has 31 heavy (non-hydrogen) atoms. The van der Waals surface area contributed by atoms with Gasteiger partial charge in [-0.05, 0) is 47.4 Å². The molecule has 7 heteroatoms. The number of hydrogen-bond donors (Lipinski definition) is 2. The van der Waals surface area contributed by atoms with Crippen molar-refractivity contribution in [1.29, 1.82) is 0 Å². The molecule has 1 aliphatic heterocycles. The summed E-state index contributed by atoms with van der Waals surface area (Å²) in [6.07, 6.45) is 0.146. The van der Waals surface area contributed by atoms with Crippen molar-refractivity contribution in [2.45, 2.75) is 32.6 Å². The van der Waals surface area contributed by atoms with Gasteiger partial charge in [-0.15, -0.1) is 0 Å². The lowest BCUT2D eigenvalue weighted by Crippen LogP contribution is -2.28. The van der Waals surface area contributed by atoms with E-state index in [-0.39, 0.29) is 29.2 Å². The maximum atomic E-state index is 12.8. The predicted molar refractivity (Wildman–Crippen MR) is 124 cm³/mol. The van der Waals surface area contributed by atoms with Gasteiger partial charge in [-0.3, -0.25) is 14.4 Å². The maximum Gasteiger partial charge on any atom is 0.248 e. The van der Waals surface area contributed by atoms with Gasteiger partial charge in [-0.25, -0.2) is 0 Å². The number of amides is 2. The minimum absolute atomic E-state index is 0.0971. The summed E-state index contributed by atoms with van der Waals surface area (Å²) < 4.78 is 0. The Morgan fingerprint density at radius 3 is 2.48 bits per heavy atom. The molecule has 160 valence electrons. The third kappa shape index (κ3) is 4.35. The van der Waals surface area contributed by atoms with E-state index in [0.717, 1.165) is 16.6 Å². The van der Waals surface area contributed by atoms with E-state index in [1.54, 1.807) is 41.3 Å². The Morgan fingerprint density at radius 1 is 1.10 bits per heavy atom. The first-order chi connectivity index (χ1) is 14.6. The Balaban J connectivity index is 1.54. The molecule has 0 spiro atoms. The lowest BCUT2D eigenvalue weighted by molar-refractivity contribution is -0.122. The molecule has 0 saturated carbocycles. The van der Waals surface area contributed by atoms with Crippen molar-refractivity contribution in [2.75, 3.05) is 16.8 Å². The zero-order valence-corrected chi connectivity index (χ0v) is 18.4. The Kier molecular flexibility index (Phi) is 5.35. The Bertz CT molecular complexity index is 1230. The molecule has 2 N–H and O–H groups in total. The number of halogens is 1. The van der Waals surface area contributed by atoms with Crippen LogP contribution >= 0.6 is 11.6 Å². The number of hydrogen-bond acceptors (Lipinski definition) is 3. The molecule has 0 bridgehead atoms. The molecule has 0 aliphatic carbocycles. The van der Waals surface area contributed by atoms with Crippen molar-refractivity contribution >= 4 is 45.7 Å². The lowest BCUT2D eigenvalue weighted by atomic mass is 9.85. The van der Waals surface area contributed by atoms with Crippen molar-refractivity contribution in [3.8, 4) is 0 Å². The zero-order chi connectivity index (χ0) is 22.3. The molecule has 2 heterocycles. The van der Waals surface area contributed by atoms with E-state index in [1.807, 2.05) is 12.1 Å². The van der Waals surface area contributed by atoms with Crippen molar-refractivity contribution in [1.82, 2.24) is 4.98 Å². The van der Waals surface area contributed by atoms with Crippen molar-refractivity contribution in [2.24, 2.45) is 5.92 Å². The standard InChI is InChI=1S/C24H24ClN3O3/c1-24(2,3)19-12-21(29)27-20-11-16(6-9-18(19)20)26-23(31)14-10-22(30)28(13-14)17-7-4-15(25)5-8-17/h4-9,11-12,14H,10,13H2,1-3H3,(H,26,31)(H,27,29). The first-order valence-electron chi connectivity index (χ1n) is 10.2. The Morgan fingerprint density at radius 2 is 1.81 bits per heavy atom. The maximum absolute atomic E-state index is 12.8. The highest BCUT2D eigenvalue weighted by molar-refractivity contribution is 6.30. The number of nitrogens with zero attached hydrogens (tertiary/aromatic N) is 1. The SMILES string of the molecule is CC(C)(C)c1cc(=O)[nH]c2cc(NC(=O)C3CC(=O)N(c4ccc(Cl)cc4)C3)ccc12. The van der Waals surface area contributed by atoms with Crippen LogP contribution in [0.2, 0.25) is 5.02 Å². The fraction of sp³-hybridized carbons (Fsp3) is 0.292. The molecule has 1 unspecified atom stereocenters. The lowest BCUT2D eigenvalue weighted by Gasteiger charge is -2.21. The Labute approximate surface area is 185 Å². The minimum atomic E-state index is -0.459. The van der Waals surface area contributed by atoms with Crippen LogP contribution in [0.1, 0.15) is 32.8 Å². The summed E-state index contributed by atoms with van der Waals surface area (Å²) in [4.78, 5) is 41.9. The van der Waals surface area contributed by atoms with Crippen LogP contribution in [0.15, 0.2) is 53.3 Å². The second-order valence-corrected chi connectivity index (χ2v) is 9.37. The number of rotatable bonds is 3. The number of H-pyrrole nitrogens is 1. The predicted octanol–water partition coefficient (Wildman–Crippen LogP) is 4.47. The molecule has 0 radical (unpaired) electrons. The van der Waals surface area contributed by atoms with Crippen LogP contribution in [0.25, 0.3) is 10.9 Å². The molecule has 1 saturated heterocycles. The van der Waals surface area contributed by atoms with Gasteiger partial charge >= 0.3 is 0 Å². The molecule has 1 atom stereocenters. The van der Waals surface area contributed by atoms with Gasteiger partial charge < -0.3 is 15.2 Å². The first kappa shape index (κ1) is 21.1. The van der Waals surface area contributed by atoms with Crippen LogP contribution in [-0.2, 0) is 15.0 Å². The van der Waals surface area contributed by atoms with E-state index in [4.69, 9.17) is 11.6 Å². The molecule has 2 amide bonds. The van der Waals surface area contributed by atoms with E-state index < -0.39 is 5.92 Å². The van der Waals surface area contributed by atoms with Gasteiger partial charge in [0.15, 0.2) is 0 Å². The molecule has 6 nitrogen and oxygen atoms in total. The fourth-order valence-corrected chi connectivity index (χ4v) is 4.08. The first-order valence-corrected chi connectivity index (χ1v) is 10.5. The number of benzene rings is 2. The van der Waals surface area contributed by atoms with Gasteiger partial charge in [0, 0.05) is 40.8 Å². The summed E-state index contributed by atoms with van der Waals surface area (Å²) in [5.74, 6) is -0.780. The molecule has 3 aromatic rings. The summed E-state index contributed by atoms with van der Waals surface area (Å²) in [7, 11) is 0. The molecule has 1 aromatic heterocycles. The van der Waals surface area contributed by atoms with Crippen molar-refractivity contribution < 1.29 is 9.59 Å². The number of nitrogens with one attached hydrogen (secondary N) is 2. The van der Waals surface area contributed by atoms with E-state index in [2.05, 4.69) is 31.1 Å². The van der Waals surface area contributed by atoms with E-state index in [0.29, 0.717) is 22.8 Å². The third-order valence-corrected chi connectivity index (χ3v) is 5.80. The summed E-state index contributed by atoms with van der Waals surface area (Å²) >= 11 is 5.92. The van der Waals surface area contributed by atoms with Crippen molar-refractivity contribution in [3.05, 3.63) is 69.5 Å². The van der Waals surface area contributed by atoms with Crippen LogP contribution in [0.4, 0.5) is 11.4 Å². The average molecular weight is 438 g/mol. The van der Waals surface area contributed by atoms with Crippen LogP contribution in [-0.4, -0.2) is 23.3 Å². The monoisotopic (exact) mass is 437 g/mol. The number of pyridine rings is 1. The normalized spacial score (nSPS) is 16.7. The summed E-state index contributed by atoms with van der Waals surface area (Å²) in [5, 5.41) is 4.43. The molecular weight excluding hydrogens is 414 g/mol. The van der Waals surface area contributed by atoms with E-state index in [1.165, 1.54) is 0 Å². The van der Waals surface area contributed by atoms with Gasteiger partial charge in [-0.1, -0.05) is 38.4 Å². The van der Waals surface area contributed by atoms with Crippen LogP contribution in [0, 0.1) is 5.92 Å². The second-order valence-electron chi connectivity index (χ2n) is 8.93. The summed E-state index contributed by atoms with van der Waals surface area (Å²) in [6, 6.07) is 14.1. The third-order valence-electron chi connectivity index (χ3n) is 5.55. The van der Waals surface area contributed by atoms with Gasteiger partial charge in [0.05, 0.1) is 11.4 Å². The summed E-state index contributed by atoms with van der Waals surface area (Å²) in [5.41, 5.74) is 2.55. The zero-order valence-electron chi connectivity index (χ0n) is 17.7. The molecular formula is C24H24ClN3O3. The molecule has 1 fully saturated rings. The van der Waals surface area contributed by atoms with Gasteiger partial charge in [0.1, 0.15) is 0 Å². The summed E-state index contributed by atoms with van der Waals surface area (Å²) in [6.45, 7) is 6.48. The van der Waals surface area contributed by atoms with Crippen molar-refractivity contribution in [3.63, 3.8) is 0 Å². The number of aromatic amines is 1. The molecule has 2 aromatic carbocycles. The number of anilines is 2. The van der Waals surface area contributed by atoms with E-state index in [9.17, 15) is 14.4 Å². The highest BCUT2D eigenvalue weighted by Crippen LogP contribution is 2.30. The number of aromatic nitrogens is 1. The van der Waals surface area contributed by atoms with Crippen LogP contribution in [0.5, 0.6) is 0 Å². The highest BCUT2D eigenvalue weighted by Gasteiger charge is 2.35. The van der Waals surface area contributed by atoms with E-state index >= 15 is 0 Å². The largest absolute Gasteiger partial charge is 0.326 e. The van der Waals surface area contributed by atoms with Gasteiger partial charge in [0.25, 0.3) is 0 Å². The van der Waals surface area contributed by atoms with Crippen LogP contribution < -0.4 is 15.8 Å². The van der Waals surface area contributed by atoms with Gasteiger partial charge in [-0.2, -0.15) is 0 Å². The highest BCUT2D eigenvalue weighted by atomic mass is 35.5. The Hall–Kier alpha value is -3.12. The topological polar surface area (TPSA) is 82.3 Å². The van der Waals surface area contributed by atoms with Crippen LogP contribution in [0.3, 0.4) is 0 Å². The number of carbonyl (C=O) groups is 2. The smallest absolute Gasteiger partial charge is 0.248 e.